The standard InChI is InChI=1S/C31H50N4O2/c1-28(2)12-10-23(11-13-28)26-20-24(8-9-25(26)27(32)36)31(33-14-15-35-16-18-37-19-17-35)21-29(3,4)34(7)30(5,6)22-31/h8-10,20,33H,11-19,21-22H2,1-7H3,(H2,32,36). The number of piperidine rings is 1. The highest BCUT2D eigenvalue weighted by atomic mass is 16.5. The number of hydrogen-bond donors (Lipinski definition) is 2. The molecule has 206 valence electrons. The fourth-order valence-corrected chi connectivity index (χ4v) is 6.95. The van der Waals surface area contributed by atoms with E-state index in [9.17, 15) is 4.79 Å². The quantitative estimate of drug-likeness (QED) is 0.553. The summed E-state index contributed by atoms with van der Waals surface area (Å²) in [7, 11) is 2.26. The largest absolute Gasteiger partial charge is 0.379 e. The van der Waals surface area contributed by atoms with Gasteiger partial charge in [-0.2, -0.15) is 0 Å². The topological polar surface area (TPSA) is 70.8 Å². The van der Waals surface area contributed by atoms with Crippen molar-refractivity contribution in [2.75, 3.05) is 46.4 Å². The Labute approximate surface area is 225 Å². The number of nitrogens with one attached hydrogen (secondary N) is 1. The van der Waals surface area contributed by atoms with Crippen LogP contribution in [-0.4, -0.2) is 73.2 Å². The van der Waals surface area contributed by atoms with E-state index in [4.69, 9.17) is 10.5 Å². The van der Waals surface area contributed by atoms with Gasteiger partial charge in [-0.15, -0.1) is 0 Å². The predicted octanol–water partition coefficient (Wildman–Crippen LogP) is 4.78. The zero-order chi connectivity index (χ0) is 27.1. The molecule has 1 aromatic rings. The van der Waals surface area contributed by atoms with Crippen LogP contribution in [0.25, 0.3) is 5.57 Å². The SMILES string of the molecule is CN1C(C)(C)CC(NCCN2CCOCC2)(c2ccc(C(N)=O)c(C3=CCC(C)(C)CC3)c2)CC1(C)C. The molecule has 6 heteroatoms. The lowest BCUT2D eigenvalue weighted by atomic mass is 9.66. The zero-order valence-electron chi connectivity index (χ0n) is 24.4. The summed E-state index contributed by atoms with van der Waals surface area (Å²) in [6, 6.07) is 6.44. The average molecular weight is 511 g/mol. The van der Waals surface area contributed by atoms with Gasteiger partial charge in [0.2, 0.25) is 5.91 Å². The number of carbonyl (C=O) groups excluding carboxylic acids is 1. The summed E-state index contributed by atoms with van der Waals surface area (Å²) in [5.41, 5.74) is 10.2. The van der Waals surface area contributed by atoms with Crippen molar-refractivity contribution in [1.82, 2.24) is 15.1 Å². The molecule has 37 heavy (non-hydrogen) atoms. The number of rotatable bonds is 7. The van der Waals surface area contributed by atoms with Crippen LogP contribution in [0.3, 0.4) is 0 Å². The first-order chi connectivity index (χ1) is 17.2. The van der Waals surface area contributed by atoms with E-state index in [1.165, 1.54) is 11.1 Å². The molecule has 2 saturated heterocycles. The zero-order valence-corrected chi connectivity index (χ0v) is 24.4. The normalized spacial score (nSPS) is 25.4. The molecule has 1 aliphatic carbocycles. The Morgan fingerprint density at radius 3 is 2.27 bits per heavy atom. The van der Waals surface area contributed by atoms with E-state index in [1.807, 2.05) is 6.07 Å². The summed E-state index contributed by atoms with van der Waals surface area (Å²) in [5, 5.41) is 4.08. The second kappa shape index (κ2) is 10.4. The Kier molecular flexibility index (Phi) is 7.98. The van der Waals surface area contributed by atoms with E-state index in [0.717, 1.165) is 77.1 Å². The molecular formula is C31H50N4O2. The smallest absolute Gasteiger partial charge is 0.249 e. The number of primary amides is 1. The van der Waals surface area contributed by atoms with E-state index in [0.29, 0.717) is 11.0 Å². The maximum Gasteiger partial charge on any atom is 0.249 e. The fourth-order valence-electron chi connectivity index (χ4n) is 6.95. The van der Waals surface area contributed by atoms with Gasteiger partial charge in [0.05, 0.1) is 13.2 Å². The molecule has 3 N–H and O–H groups in total. The van der Waals surface area contributed by atoms with Crippen LogP contribution in [0.5, 0.6) is 0 Å². The number of carbonyl (C=O) groups is 1. The molecule has 3 aliphatic rings. The van der Waals surface area contributed by atoms with Crippen molar-refractivity contribution in [2.45, 2.75) is 90.3 Å². The summed E-state index contributed by atoms with van der Waals surface area (Å²) < 4.78 is 5.56. The van der Waals surface area contributed by atoms with E-state index < -0.39 is 0 Å². The monoisotopic (exact) mass is 510 g/mol. The Morgan fingerprint density at radius 1 is 1.05 bits per heavy atom. The van der Waals surface area contributed by atoms with Crippen molar-refractivity contribution < 1.29 is 9.53 Å². The summed E-state index contributed by atoms with van der Waals surface area (Å²) in [6.45, 7) is 19.6. The molecule has 0 spiro atoms. The summed E-state index contributed by atoms with van der Waals surface area (Å²) in [4.78, 5) is 17.5. The number of amides is 1. The van der Waals surface area contributed by atoms with Crippen molar-refractivity contribution in [3.8, 4) is 0 Å². The third kappa shape index (κ3) is 6.13. The summed E-state index contributed by atoms with van der Waals surface area (Å²) in [5.74, 6) is -0.342. The molecule has 0 radical (unpaired) electrons. The van der Waals surface area contributed by atoms with Crippen molar-refractivity contribution in [1.29, 1.82) is 0 Å². The van der Waals surface area contributed by atoms with Gasteiger partial charge in [0, 0.05) is 48.4 Å². The Morgan fingerprint density at radius 2 is 1.70 bits per heavy atom. The Hall–Kier alpha value is -1.73. The van der Waals surface area contributed by atoms with Crippen LogP contribution in [0.15, 0.2) is 24.3 Å². The number of hydrogen-bond acceptors (Lipinski definition) is 5. The van der Waals surface area contributed by atoms with Gasteiger partial charge in [-0.1, -0.05) is 26.0 Å². The minimum absolute atomic E-state index is 0.00433. The second-order valence-electron chi connectivity index (χ2n) is 13.7. The Bertz CT molecular complexity index is 1000. The molecule has 2 fully saturated rings. The molecule has 1 amide bonds. The molecule has 2 heterocycles. The van der Waals surface area contributed by atoms with Gasteiger partial charge >= 0.3 is 0 Å². The van der Waals surface area contributed by atoms with Crippen LogP contribution in [0.2, 0.25) is 0 Å². The predicted molar refractivity (Wildman–Crippen MR) is 153 cm³/mol. The summed E-state index contributed by atoms with van der Waals surface area (Å²) in [6.07, 6.45) is 7.45. The molecule has 4 rings (SSSR count). The van der Waals surface area contributed by atoms with Crippen LogP contribution in [0.1, 0.15) is 95.1 Å². The number of nitrogens with two attached hydrogens (primary N) is 1. The highest BCUT2D eigenvalue weighted by molar-refractivity contribution is 5.98. The van der Waals surface area contributed by atoms with Crippen molar-refractivity contribution in [3.05, 3.63) is 41.0 Å². The van der Waals surface area contributed by atoms with Gasteiger partial charge in [-0.3, -0.25) is 14.6 Å². The van der Waals surface area contributed by atoms with Crippen molar-refractivity contribution in [2.24, 2.45) is 11.1 Å². The van der Waals surface area contributed by atoms with Crippen molar-refractivity contribution >= 4 is 11.5 Å². The molecule has 0 unspecified atom stereocenters. The van der Waals surface area contributed by atoms with Gasteiger partial charge < -0.3 is 15.8 Å². The van der Waals surface area contributed by atoms with E-state index >= 15 is 0 Å². The maximum absolute atomic E-state index is 12.5. The van der Waals surface area contributed by atoms with Gasteiger partial charge in [0.25, 0.3) is 0 Å². The highest BCUT2D eigenvalue weighted by Gasteiger charge is 2.51. The molecule has 0 aromatic heterocycles. The van der Waals surface area contributed by atoms with E-state index in [-0.39, 0.29) is 22.5 Å². The van der Waals surface area contributed by atoms with Crippen molar-refractivity contribution in [3.63, 3.8) is 0 Å². The number of nitrogens with zero attached hydrogens (tertiary/aromatic N) is 2. The summed E-state index contributed by atoms with van der Waals surface area (Å²) >= 11 is 0. The second-order valence-corrected chi connectivity index (χ2v) is 13.7. The van der Waals surface area contributed by atoms with Crippen LogP contribution in [-0.2, 0) is 10.3 Å². The number of benzene rings is 1. The lowest BCUT2D eigenvalue weighted by molar-refractivity contribution is -0.0543. The first-order valence-corrected chi connectivity index (χ1v) is 14.2. The van der Waals surface area contributed by atoms with Gasteiger partial charge in [-0.05, 0) is 101 Å². The lowest BCUT2D eigenvalue weighted by Crippen LogP contribution is -2.66. The number of morpholine rings is 1. The lowest BCUT2D eigenvalue weighted by Gasteiger charge is -2.59. The van der Waals surface area contributed by atoms with E-state index in [1.54, 1.807) is 0 Å². The number of likely N-dealkylation sites (tertiary alicyclic amines) is 1. The van der Waals surface area contributed by atoms with Crippen LogP contribution >= 0.6 is 0 Å². The molecule has 0 bridgehead atoms. The minimum Gasteiger partial charge on any atom is -0.379 e. The van der Waals surface area contributed by atoms with Gasteiger partial charge in [0.1, 0.15) is 0 Å². The molecule has 1 aromatic carbocycles. The minimum atomic E-state index is -0.342. The molecule has 2 aliphatic heterocycles. The average Bonchev–Trinajstić information content (AvgIpc) is 2.82. The molecular weight excluding hydrogens is 460 g/mol. The Balaban J connectivity index is 1.73. The maximum atomic E-state index is 12.5. The van der Waals surface area contributed by atoms with Gasteiger partial charge in [0.15, 0.2) is 0 Å². The first kappa shape index (κ1) is 28.3. The van der Waals surface area contributed by atoms with Gasteiger partial charge in [-0.25, -0.2) is 0 Å². The fraction of sp³-hybridized carbons (Fsp3) is 0.710. The third-order valence-electron chi connectivity index (χ3n) is 9.44. The molecule has 0 atom stereocenters. The third-order valence-corrected chi connectivity index (χ3v) is 9.44. The number of allylic oxidation sites excluding steroid dienone is 2. The molecule has 6 nitrogen and oxygen atoms in total. The first-order valence-electron chi connectivity index (χ1n) is 14.2. The van der Waals surface area contributed by atoms with Crippen LogP contribution in [0, 0.1) is 5.41 Å². The molecule has 0 saturated carbocycles. The van der Waals surface area contributed by atoms with E-state index in [2.05, 4.69) is 81.9 Å². The number of ether oxygens (including phenoxy) is 1. The van der Waals surface area contributed by atoms with Crippen LogP contribution < -0.4 is 11.1 Å². The van der Waals surface area contributed by atoms with Crippen LogP contribution in [0.4, 0.5) is 0 Å². The highest BCUT2D eigenvalue weighted by Crippen LogP contribution is 2.48.